The van der Waals surface area contributed by atoms with E-state index in [9.17, 15) is 4.79 Å². The van der Waals surface area contributed by atoms with Gasteiger partial charge in [-0.15, -0.1) is 0 Å². The maximum absolute atomic E-state index is 12.3. The van der Waals surface area contributed by atoms with E-state index in [0.717, 1.165) is 11.3 Å². The van der Waals surface area contributed by atoms with Gasteiger partial charge in [-0.2, -0.15) is 5.10 Å². The van der Waals surface area contributed by atoms with Crippen LogP contribution in [0.5, 0.6) is 5.75 Å². The van der Waals surface area contributed by atoms with Crippen molar-refractivity contribution in [3.05, 3.63) is 71.7 Å². The highest BCUT2D eigenvalue weighted by atomic mass is 16.5. The number of hydrogen-bond acceptors (Lipinski definition) is 5. The van der Waals surface area contributed by atoms with Gasteiger partial charge in [0.2, 0.25) is 5.91 Å². The van der Waals surface area contributed by atoms with E-state index in [4.69, 9.17) is 9.47 Å². The number of methoxy groups -OCH3 is 1. The fourth-order valence-corrected chi connectivity index (χ4v) is 2.91. The summed E-state index contributed by atoms with van der Waals surface area (Å²) in [6, 6.07) is 13.7. The molecule has 2 aromatic heterocycles. The Morgan fingerprint density at radius 3 is 2.57 bits per heavy atom. The molecule has 3 rings (SSSR count). The quantitative estimate of drug-likeness (QED) is 0.518. The Kier molecular flexibility index (Phi) is 7.57. The van der Waals surface area contributed by atoms with Crippen LogP contribution in [0.3, 0.4) is 0 Å². The average molecular weight is 409 g/mol. The number of aromatic nitrogens is 3. The summed E-state index contributed by atoms with van der Waals surface area (Å²) in [7, 11) is 1.63. The predicted molar refractivity (Wildman–Crippen MR) is 116 cm³/mol. The highest BCUT2D eigenvalue weighted by molar-refractivity contribution is 5.91. The summed E-state index contributed by atoms with van der Waals surface area (Å²) >= 11 is 0. The smallest absolute Gasteiger partial charge is 0.229 e. The van der Waals surface area contributed by atoms with Crippen LogP contribution in [0.15, 0.2) is 54.9 Å². The maximum atomic E-state index is 12.3. The van der Waals surface area contributed by atoms with Crippen molar-refractivity contribution in [1.29, 1.82) is 0 Å². The van der Waals surface area contributed by atoms with Gasteiger partial charge in [0, 0.05) is 19.4 Å². The molecule has 0 aliphatic rings. The Labute approximate surface area is 177 Å². The van der Waals surface area contributed by atoms with Crippen LogP contribution in [0.25, 0.3) is 0 Å². The van der Waals surface area contributed by atoms with Crippen LogP contribution in [-0.2, 0) is 22.5 Å². The van der Waals surface area contributed by atoms with E-state index in [1.165, 1.54) is 5.56 Å². The van der Waals surface area contributed by atoms with Crippen molar-refractivity contribution in [2.75, 3.05) is 25.6 Å². The molecule has 2 heterocycles. The van der Waals surface area contributed by atoms with Crippen LogP contribution in [0.4, 0.5) is 5.82 Å². The first-order chi connectivity index (χ1) is 14.5. The second-order valence-corrected chi connectivity index (χ2v) is 7.35. The number of rotatable bonds is 10. The first kappa shape index (κ1) is 21.5. The third-order valence-electron chi connectivity index (χ3n) is 4.60. The molecule has 3 aromatic rings. The lowest BCUT2D eigenvalue weighted by atomic mass is 10.0. The third-order valence-corrected chi connectivity index (χ3v) is 4.60. The van der Waals surface area contributed by atoms with Crippen molar-refractivity contribution in [2.45, 2.75) is 32.7 Å². The number of carbonyl (C=O) groups is 1. The van der Waals surface area contributed by atoms with Gasteiger partial charge in [-0.05, 0) is 29.2 Å². The van der Waals surface area contributed by atoms with Gasteiger partial charge in [0.15, 0.2) is 5.82 Å². The van der Waals surface area contributed by atoms with E-state index in [-0.39, 0.29) is 5.91 Å². The van der Waals surface area contributed by atoms with Gasteiger partial charge < -0.3 is 14.8 Å². The van der Waals surface area contributed by atoms with E-state index in [1.54, 1.807) is 24.1 Å². The molecule has 0 aliphatic carbocycles. The molecule has 30 heavy (non-hydrogen) atoms. The monoisotopic (exact) mass is 408 g/mol. The summed E-state index contributed by atoms with van der Waals surface area (Å²) in [5.74, 6) is 1.61. The molecule has 0 atom stereocenters. The Hall–Kier alpha value is -3.19. The van der Waals surface area contributed by atoms with Gasteiger partial charge in [-0.1, -0.05) is 38.1 Å². The zero-order chi connectivity index (χ0) is 21.3. The number of anilines is 1. The largest absolute Gasteiger partial charge is 0.490 e. The molecule has 158 valence electrons. The minimum Gasteiger partial charge on any atom is -0.490 e. The molecule has 7 heteroatoms. The number of nitrogens with one attached hydrogen (secondary N) is 1. The predicted octanol–water partition coefficient (Wildman–Crippen LogP) is 3.66. The van der Waals surface area contributed by atoms with E-state index in [2.05, 4.69) is 41.4 Å². The summed E-state index contributed by atoms with van der Waals surface area (Å²) < 4.78 is 12.2. The van der Waals surface area contributed by atoms with Crippen LogP contribution in [0.2, 0.25) is 0 Å². The SMILES string of the molecule is COCCOc1ccc(Cn2ccc(NC(=O)Cc3ccc(C(C)C)cc3)n2)nc1. The van der Waals surface area contributed by atoms with Crippen LogP contribution in [0, 0.1) is 0 Å². The number of hydrogen-bond donors (Lipinski definition) is 1. The summed E-state index contributed by atoms with van der Waals surface area (Å²) in [6.45, 7) is 5.83. The van der Waals surface area contributed by atoms with Crippen molar-refractivity contribution in [2.24, 2.45) is 0 Å². The number of pyridine rings is 1. The number of amides is 1. The van der Waals surface area contributed by atoms with Crippen molar-refractivity contribution in [1.82, 2.24) is 14.8 Å². The molecule has 1 N–H and O–H groups in total. The van der Waals surface area contributed by atoms with Crippen LogP contribution >= 0.6 is 0 Å². The zero-order valence-electron chi connectivity index (χ0n) is 17.7. The molecule has 1 aromatic carbocycles. The molecule has 0 radical (unpaired) electrons. The molecular weight excluding hydrogens is 380 g/mol. The molecular formula is C23H28N4O3. The van der Waals surface area contributed by atoms with Crippen LogP contribution in [0.1, 0.15) is 36.6 Å². The second kappa shape index (κ2) is 10.5. The standard InChI is InChI=1S/C23H28N4O3/c1-17(2)19-6-4-18(5-7-19)14-23(28)25-22-10-11-27(26-22)16-20-8-9-21(15-24-20)30-13-12-29-3/h4-11,15,17H,12-14,16H2,1-3H3,(H,25,26,28). The summed E-state index contributed by atoms with van der Waals surface area (Å²) in [4.78, 5) is 16.7. The molecule has 0 aliphatic heterocycles. The Morgan fingerprint density at radius 1 is 1.10 bits per heavy atom. The number of benzene rings is 1. The summed E-state index contributed by atoms with van der Waals surface area (Å²) in [6.07, 6.45) is 3.82. The second-order valence-electron chi connectivity index (χ2n) is 7.35. The minimum absolute atomic E-state index is 0.0896. The van der Waals surface area contributed by atoms with Gasteiger partial charge in [0.05, 0.1) is 31.5 Å². The molecule has 0 unspecified atom stereocenters. The lowest BCUT2D eigenvalue weighted by molar-refractivity contribution is -0.115. The van der Waals surface area contributed by atoms with Crippen molar-refractivity contribution < 1.29 is 14.3 Å². The first-order valence-electron chi connectivity index (χ1n) is 10.0. The van der Waals surface area contributed by atoms with Crippen LogP contribution in [-0.4, -0.2) is 41.0 Å². The number of carbonyl (C=O) groups excluding carboxylic acids is 1. The number of ether oxygens (including phenoxy) is 2. The van der Waals surface area contributed by atoms with E-state index >= 15 is 0 Å². The van der Waals surface area contributed by atoms with Gasteiger partial charge in [-0.3, -0.25) is 14.5 Å². The topological polar surface area (TPSA) is 78.3 Å². The lowest BCUT2D eigenvalue weighted by Gasteiger charge is -2.07. The fourth-order valence-electron chi connectivity index (χ4n) is 2.91. The average Bonchev–Trinajstić information content (AvgIpc) is 3.16. The first-order valence-corrected chi connectivity index (χ1v) is 10.0. The van der Waals surface area contributed by atoms with E-state index in [1.807, 2.05) is 30.5 Å². The highest BCUT2D eigenvalue weighted by Gasteiger charge is 2.08. The highest BCUT2D eigenvalue weighted by Crippen LogP contribution is 2.15. The third kappa shape index (κ3) is 6.42. The Morgan fingerprint density at radius 2 is 1.90 bits per heavy atom. The molecule has 1 amide bonds. The molecule has 7 nitrogen and oxygen atoms in total. The van der Waals surface area contributed by atoms with Gasteiger partial charge in [0.1, 0.15) is 12.4 Å². The molecule has 0 saturated carbocycles. The van der Waals surface area contributed by atoms with Crippen LogP contribution < -0.4 is 10.1 Å². The minimum atomic E-state index is -0.0896. The van der Waals surface area contributed by atoms with Gasteiger partial charge >= 0.3 is 0 Å². The molecule has 0 fully saturated rings. The van der Waals surface area contributed by atoms with Gasteiger partial charge in [-0.25, -0.2) is 0 Å². The molecule has 0 saturated heterocycles. The van der Waals surface area contributed by atoms with Crippen molar-refractivity contribution in [3.63, 3.8) is 0 Å². The van der Waals surface area contributed by atoms with E-state index in [0.29, 0.717) is 43.7 Å². The summed E-state index contributed by atoms with van der Waals surface area (Å²) in [5.41, 5.74) is 3.09. The number of nitrogens with zero attached hydrogens (tertiary/aromatic N) is 3. The molecule has 0 spiro atoms. The maximum Gasteiger partial charge on any atom is 0.229 e. The van der Waals surface area contributed by atoms with Crippen molar-refractivity contribution in [3.8, 4) is 5.75 Å². The Balaban J connectivity index is 1.50. The Bertz CT molecular complexity index is 934. The van der Waals surface area contributed by atoms with Gasteiger partial charge in [0.25, 0.3) is 0 Å². The fraction of sp³-hybridized carbons (Fsp3) is 0.348. The van der Waals surface area contributed by atoms with E-state index < -0.39 is 0 Å². The lowest BCUT2D eigenvalue weighted by Crippen LogP contribution is -2.15. The normalized spacial score (nSPS) is 10.9. The zero-order valence-corrected chi connectivity index (χ0v) is 17.7. The summed E-state index contributed by atoms with van der Waals surface area (Å²) in [5, 5.41) is 7.25. The molecule has 0 bridgehead atoms. The van der Waals surface area contributed by atoms with Crippen molar-refractivity contribution >= 4 is 11.7 Å².